The quantitative estimate of drug-likeness (QED) is 0.360. The van der Waals surface area contributed by atoms with Gasteiger partial charge in [0.2, 0.25) is 0 Å². The second-order valence-electron chi connectivity index (χ2n) is 10.3. The monoisotopic (exact) mass is 535 g/mol. The lowest BCUT2D eigenvalue weighted by Gasteiger charge is -2.33. The molecule has 0 saturated carbocycles. The molecule has 3 saturated heterocycles. The number of anilines is 1. The van der Waals surface area contributed by atoms with Crippen LogP contribution in [0.5, 0.6) is 0 Å². The molecule has 7 heterocycles. The highest BCUT2D eigenvalue weighted by Crippen LogP contribution is 2.52. The van der Waals surface area contributed by atoms with Gasteiger partial charge in [0, 0.05) is 48.4 Å². The van der Waals surface area contributed by atoms with Crippen LogP contribution in [-0.4, -0.2) is 61.3 Å². The maximum Gasteiger partial charge on any atom is 0.261 e. The van der Waals surface area contributed by atoms with Crippen LogP contribution in [0, 0.1) is 5.82 Å². The first-order chi connectivity index (χ1) is 18.5. The van der Waals surface area contributed by atoms with Crippen molar-refractivity contribution in [3.05, 3.63) is 69.2 Å². The molecule has 3 atom stereocenters. The molecular weight excluding hydrogens is 513 g/mol. The second-order valence-corrected chi connectivity index (χ2v) is 10.7. The van der Waals surface area contributed by atoms with Gasteiger partial charge in [0.05, 0.1) is 31.3 Å². The Kier molecular flexibility index (Phi) is 4.79. The molecule has 0 radical (unpaired) electrons. The zero-order chi connectivity index (χ0) is 25.6. The van der Waals surface area contributed by atoms with E-state index in [1.807, 2.05) is 22.1 Å². The Bertz CT molecular complexity index is 1680. The summed E-state index contributed by atoms with van der Waals surface area (Å²) in [7, 11) is 0. The largest absolute Gasteiger partial charge is 0.370 e. The van der Waals surface area contributed by atoms with Crippen molar-refractivity contribution in [3.63, 3.8) is 0 Å². The minimum atomic E-state index is -0.508. The Labute approximate surface area is 221 Å². The van der Waals surface area contributed by atoms with E-state index in [0.29, 0.717) is 72.5 Å². The molecule has 3 fully saturated rings. The number of fused-ring (bicyclic) bond motifs is 3. The molecule has 8 rings (SSSR count). The number of benzene rings is 1. The highest BCUT2D eigenvalue weighted by molar-refractivity contribution is 6.30. The average Bonchev–Trinajstić information content (AvgIpc) is 3.55. The van der Waals surface area contributed by atoms with Crippen molar-refractivity contribution < 1.29 is 14.0 Å². The number of halogens is 2. The summed E-state index contributed by atoms with van der Waals surface area (Å²) in [6.07, 6.45) is 5.15. The molecule has 4 aliphatic rings. The second kappa shape index (κ2) is 8.06. The Morgan fingerprint density at radius 1 is 1.21 bits per heavy atom. The van der Waals surface area contributed by atoms with E-state index >= 15 is 4.39 Å². The fraction of sp³-hybridized carbons (Fsp3) is 0.385. The molecule has 0 amide bonds. The van der Waals surface area contributed by atoms with Crippen molar-refractivity contribution in [1.29, 1.82) is 0 Å². The van der Waals surface area contributed by atoms with Crippen LogP contribution in [0.2, 0.25) is 5.02 Å². The molecule has 4 aromatic rings. The van der Waals surface area contributed by atoms with Crippen molar-refractivity contribution in [3.8, 4) is 11.3 Å². The van der Waals surface area contributed by atoms with E-state index < -0.39 is 5.82 Å². The molecule has 10 nitrogen and oxygen atoms in total. The van der Waals surface area contributed by atoms with Crippen molar-refractivity contribution in [1.82, 2.24) is 29.4 Å². The molecule has 194 valence electrons. The normalized spacial score (nSPS) is 25.5. The van der Waals surface area contributed by atoms with Crippen LogP contribution in [0.3, 0.4) is 0 Å². The minimum absolute atomic E-state index is 0.122. The number of nitrogens with zero attached hydrogens (tertiary/aromatic N) is 7. The van der Waals surface area contributed by atoms with E-state index in [2.05, 4.69) is 10.00 Å². The van der Waals surface area contributed by atoms with Crippen LogP contribution in [0.25, 0.3) is 22.2 Å². The Morgan fingerprint density at radius 2 is 2.08 bits per heavy atom. The van der Waals surface area contributed by atoms with Crippen molar-refractivity contribution in [2.75, 3.05) is 31.1 Å². The fourth-order valence-corrected chi connectivity index (χ4v) is 5.73. The minimum Gasteiger partial charge on any atom is -0.370 e. The summed E-state index contributed by atoms with van der Waals surface area (Å²) in [5, 5.41) is 7.13. The van der Waals surface area contributed by atoms with Crippen LogP contribution in [0.4, 0.5) is 10.2 Å². The maximum atomic E-state index is 15.1. The van der Waals surface area contributed by atoms with Crippen LogP contribution >= 0.6 is 11.6 Å². The lowest BCUT2D eigenvalue weighted by molar-refractivity contribution is 0.0394. The third kappa shape index (κ3) is 3.57. The van der Waals surface area contributed by atoms with Gasteiger partial charge in [0.1, 0.15) is 34.8 Å². The number of hydrogen-bond donors (Lipinski definition) is 0. The Balaban J connectivity index is 1.19. The summed E-state index contributed by atoms with van der Waals surface area (Å²) in [4.78, 5) is 30.7. The first-order valence-corrected chi connectivity index (χ1v) is 13.1. The van der Waals surface area contributed by atoms with Gasteiger partial charge < -0.3 is 9.64 Å². The number of aromatic nitrogens is 5. The predicted octanol–water partition coefficient (Wildman–Crippen LogP) is 2.93. The van der Waals surface area contributed by atoms with Gasteiger partial charge in [0.25, 0.3) is 5.56 Å². The van der Waals surface area contributed by atoms with Gasteiger partial charge in [-0.1, -0.05) is 11.6 Å². The number of aryl methyl sites for hydroxylation is 1. The van der Waals surface area contributed by atoms with Gasteiger partial charge in [0.15, 0.2) is 5.72 Å². The van der Waals surface area contributed by atoms with E-state index in [4.69, 9.17) is 31.1 Å². The number of ether oxygens (including phenoxy) is 1. The summed E-state index contributed by atoms with van der Waals surface area (Å²) in [5.41, 5.74) is 1.71. The maximum absolute atomic E-state index is 15.1. The van der Waals surface area contributed by atoms with Gasteiger partial charge in [-0.2, -0.15) is 5.10 Å². The molecule has 4 aliphatic heterocycles. The standard InChI is InChI=1S/C26H23ClFN7O3/c27-16-3-4-17(19(28)8-16)23-24-18(25(36)34-5-1-2-21(34)30-24)9-22(31-23)32-6-7-37-20(12-32)15-10-29-33(11-15)13-26-14-35(26)38-26/h3-4,8-11,20H,1-2,5-7,12-14H2. The van der Waals surface area contributed by atoms with E-state index in [0.717, 1.165) is 18.5 Å². The molecule has 0 spiro atoms. The average molecular weight is 536 g/mol. The fourth-order valence-electron chi connectivity index (χ4n) is 5.57. The highest BCUT2D eigenvalue weighted by Gasteiger charge is 2.72. The lowest BCUT2D eigenvalue weighted by Crippen LogP contribution is -2.39. The third-order valence-electron chi connectivity index (χ3n) is 7.79. The Morgan fingerprint density at radius 3 is 2.89 bits per heavy atom. The van der Waals surface area contributed by atoms with E-state index in [9.17, 15) is 4.79 Å². The molecule has 0 N–H and O–H groups in total. The van der Waals surface area contributed by atoms with Gasteiger partial charge in [-0.25, -0.2) is 14.4 Å². The molecule has 0 bridgehead atoms. The van der Waals surface area contributed by atoms with Gasteiger partial charge in [-0.3, -0.25) is 18.9 Å². The number of hydroxylamine groups is 2. The SMILES string of the molecule is O=c1c2cc(N3CCOC(c4cnn(CC56CN5O6)c4)C3)nc(-c3ccc(Cl)cc3F)c2nc2n1CCC2. The van der Waals surface area contributed by atoms with E-state index in [1.165, 1.54) is 6.07 Å². The summed E-state index contributed by atoms with van der Waals surface area (Å²) in [6.45, 7) is 3.83. The number of pyridine rings is 1. The summed E-state index contributed by atoms with van der Waals surface area (Å²) in [6, 6.07) is 6.25. The molecular formula is C26H23ClFN7O3. The summed E-state index contributed by atoms with van der Waals surface area (Å²) < 4.78 is 24.8. The zero-order valence-corrected chi connectivity index (χ0v) is 21.1. The number of hydrogen-bond acceptors (Lipinski definition) is 8. The Hall–Kier alpha value is -3.38. The molecule has 3 aromatic heterocycles. The van der Waals surface area contributed by atoms with Crippen LogP contribution in [0.15, 0.2) is 41.5 Å². The molecule has 1 aromatic carbocycles. The van der Waals surface area contributed by atoms with Crippen LogP contribution < -0.4 is 10.5 Å². The van der Waals surface area contributed by atoms with Gasteiger partial charge >= 0.3 is 0 Å². The highest BCUT2D eigenvalue weighted by atomic mass is 35.5. The first kappa shape index (κ1) is 22.6. The molecule has 38 heavy (non-hydrogen) atoms. The topological polar surface area (TPSA) is 93.6 Å². The summed E-state index contributed by atoms with van der Waals surface area (Å²) >= 11 is 6.03. The van der Waals surface area contributed by atoms with Crippen molar-refractivity contribution in [2.24, 2.45) is 0 Å². The van der Waals surface area contributed by atoms with E-state index in [1.54, 1.807) is 22.8 Å². The van der Waals surface area contributed by atoms with Gasteiger partial charge in [-0.15, -0.1) is 5.06 Å². The summed E-state index contributed by atoms with van der Waals surface area (Å²) in [5.74, 6) is 0.784. The van der Waals surface area contributed by atoms with Crippen LogP contribution in [-0.2, 0) is 29.1 Å². The molecule has 12 heteroatoms. The molecule has 3 unspecified atom stereocenters. The smallest absolute Gasteiger partial charge is 0.261 e. The first-order valence-electron chi connectivity index (χ1n) is 12.7. The van der Waals surface area contributed by atoms with Crippen LogP contribution in [0.1, 0.15) is 23.9 Å². The predicted molar refractivity (Wildman–Crippen MR) is 136 cm³/mol. The number of rotatable bonds is 5. The third-order valence-corrected chi connectivity index (χ3v) is 8.02. The molecule has 0 aliphatic carbocycles. The van der Waals surface area contributed by atoms with Crippen molar-refractivity contribution in [2.45, 2.75) is 37.8 Å². The zero-order valence-electron chi connectivity index (χ0n) is 20.3. The van der Waals surface area contributed by atoms with Gasteiger partial charge in [-0.05, 0) is 30.7 Å². The van der Waals surface area contributed by atoms with E-state index in [-0.39, 0.29) is 23.0 Å². The lowest BCUT2D eigenvalue weighted by atomic mass is 10.1. The number of morpholine rings is 1. The van der Waals surface area contributed by atoms with Crippen molar-refractivity contribution >= 4 is 28.3 Å².